The fourth-order valence-electron chi connectivity index (χ4n) is 4.08. The number of aliphatic hydroxyl groups is 1. The van der Waals surface area contributed by atoms with Gasteiger partial charge in [0.05, 0.1) is 19.8 Å². The molecule has 166 valence electrons. The maximum absolute atomic E-state index is 13.3. The molecule has 6 nitrogen and oxygen atoms in total. The highest BCUT2D eigenvalue weighted by Crippen LogP contribution is 2.32. The van der Waals surface area contributed by atoms with Gasteiger partial charge in [0.25, 0.3) is 0 Å². The van der Waals surface area contributed by atoms with Crippen molar-refractivity contribution in [2.75, 3.05) is 7.11 Å². The number of nitrogens with two attached hydrogens (primary N) is 1. The van der Waals surface area contributed by atoms with Crippen molar-refractivity contribution in [1.29, 1.82) is 0 Å². The minimum Gasteiger partial charge on any atom is -0.496 e. The Bertz CT molecular complexity index is 995. The average Bonchev–Trinajstić information content (AvgIpc) is 3.14. The lowest BCUT2D eigenvalue weighted by Crippen LogP contribution is -2.40. The summed E-state index contributed by atoms with van der Waals surface area (Å²) in [4.78, 5) is 4.85. The maximum atomic E-state index is 13.3. The first kappa shape index (κ1) is 23.2. The number of aromatic nitrogens is 3. The second-order valence-corrected chi connectivity index (χ2v) is 7.90. The zero-order valence-electron chi connectivity index (χ0n) is 17.4. The number of methoxy groups -OCH3 is 1. The van der Waals surface area contributed by atoms with Gasteiger partial charge in [-0.15, -0.1) is 12.4 Å². The third-order valence-corrected chi connectivity index (χ3v) is 5.76. The summed E-state index contributed by atoms with van der Waals surface area (Å²) in [5.74, 6) is 2.15. The van der Waals surface area contributed by atoms with Crippen LogP contribution >= 0.6 is 12.4 Å². The van der Waals surface area contributed by atoms with E-state index in [0.717, 1.165) is 35.5 Å². The van der Waals surface area contributed by atoms with Crippen LogP contribution in [0.1, 0.15) is 48.0 Å². The molecule has 0 spiro atoms. The summed E-state index contributed by atoms with van der Waals surface area (Å²) < 4.78 is 20.6. The molecule has 1 aliphatic carbocycles. The molecule has 31 heavy (non-hydrogen) atoms. The van der Waals surface area contributed by atoms with Crippen molar-refractivity contribution >= 4 is 12.4 Å². The van der Waals surface area contributed by atoms with Crippen LogP contribution in [0.2, 0.25) is 0 Å². The first-order valence-corrected chi connectivity index (χ1v) is 10.3. The number of para-hydroxylation sites is 1. The molecule has 0 amide bonds. The molecule has 4 rings (SSSR count). The minimum atomic E-state index is -0.544. The van der Waals surface area contributed by atoms with E-state index in [4.69, 9.17) is 20.6 Å². The summed E-state index contributed by atoms with van der Waals surface area (Å²) >= 11 is 0. The van der Waals surface area contributed by atoms with E-state index in [2.05, 4.69) is 0 Å². The predicted molar refractivity (Wildman–Crippen MR) is 119 cm³/mol. The Morgan fingerprint density at radius 2 is 1.90 bits per heavy atom. The van der Waals surface area contributed by atoms with Crippen molar-refractivity contribution in [3.63, 3.8) is 0 Å². The van der Waals surface area contributed by atoms with Gasteiger partial charge in [0.15, 0.2) is 5.82 Å². The van der Waals surface area contributed by atoms with Gasteiger partial charge in [0.1, 0.15) is 17.4 Å². The summed E-state index contributed by atoms with van der Waals surface area (Å²) in [5, 5.41) is 15.1. The molecular formula is C23H28ClFN4O2. The van der Waals surface area contributed by atoms with Crippen LogP contribution in [0.15, 0.2) is 48.5 Å². The van der Waals surface area contributed by atoms with Gasteiger partial charge in [0, 0.05) is 23.9 Å². The van der Waals surface area contributed by atoms with Crippen LogP contribution < -0.4 is 10.5 Å². The maximum Gasteiger partial charge on any atom is 0.155 e. The lowest BCUT2D eigenvalue weighted by molar-refractivity contribution is 0.0957. The van der Waals surface area contributed by atoms with Gasteiger partial charge in [-0.25, -0.2) is 14.1 Å². The lowest BCUT2D eigenvalue weighted by Gasteiger charge is -2.30. The average molecular weight is 447 g/mol. The van der Waals surface area contributed by atoms with Gasteiger partial charge < -0.3 is 15.6 Å². The number of aliphatic hydroxyl groups excluding tert-OH is 1. The number of rotatable bonds is 6. The molecule has 1 heterocycles. The molecule has 3 aromatic rings. The summed E-state index contributed by atoms with van der Waals surface area (Å²) in [7, 11) is 1.65. The third-order valence-electron chi connectivity index (χ3n) is 5.76. The monoisotopic (exact) mass is 446 g/mol. The summed E-state index contributed by atoms with van der Waals surface area (Å²) in [6.07, 6.45) is 2.17. The summed E-state index contributed by atoms with van der Waals surface area (Å²) in [5.41, 5.74) is 7.95. The smallest absolute Gasteiger partial charge is 0.155 e. The quantitative estimate of drug-likeness (QED) is 0.605. The molecule has 0 bridgehead atoms. The van der Waals surface area contributed by atoms with Gasteiger partial charge in [-0.2, -0.15) is 5.10 Å². The van der Waals surface area contributed by atoms with Gasteiger partial charge in [-0.05, 0) is 43.0 Å². The first-order valence-electron chi connectivity index (χ1n) is 10.3. The van der Waals surface area contributed by atoms with Crippen LogP contribution in [0.25, 0.3) is 0 Å². The van der Waals surface area contributed by atoms with Gasteiger partial charge in [-0.1, -0.05) is 30.3 Å². The molecule has 1 fully saturated rings. The summed E-state index contributed by atoms with van der Waals surface area (Å²) in [6.45, 7) is 0.493. The number of ether oxygens (including phenoxy) is 1. The van der Waals surface area contributed by atoms with Crippen molar-refractivity contribution in [1.82, 2.24) is 14.8 Å². The van der Waals surface area contributed by atoms with E-state index in [1.54, 1.807) is 19.2 Å². The van der Waals surface area contributed by atoms with Crippen LogP contribution in [0, 0.1) is 5.82 Å². The van der Waals surface area contributed by atoms with Crippen LogP contribution in [0.4, 0.5) is 4.39 Å². The van der Waals surface area contributed by atoms with Crippen molar-refractivity contribution in [2.24, 2.45) is 5.73 Å². The number of hydrogen-bond donors (Lipinski definition) is 2. The number of halogens is 2. The molecule has 3 N–H and O–H groups in total. The topological polar surface area (TPSA) is 86.2 Å². The SMILES string of the molecule is COc1ccccc1Cc1nc([C@H]2CC[C@@H](N)[C@H](O)C2)n(Cc2ccc(F)cc2)n1.Cl. The Morgan fingerprint density at radius 1 is 1.16 bits per heavy atom. The standard InChI is InChI=1S/C23H27FN4O2.ClH/c1-30-21-5-3-2-4-16(21)13-22-26-23(17-8-11-19(25)20(29)12-17)28(27-22)14-15-6-9-18(24)10-7-15;/h2-7,9-10,17,19-20,29H,8,11-14,25H2,1H3;1H/t17-,19+,20+;/m0./s1. The van der Waals surface area contributed by atoms with Gasteiger partial charge in [-0.3, -0.25) is 0 Å². The zero-order chi connectivity index (χ0) is 21.1. The van der Waals surface area contributed by atoms with E-state index in [-0.39, 0.29) is 30.2 Å². The normalized spacial score (nSPS) is 20.8. The fourth-order valence-corrected chi connectivity index (χ4v) is 4.08. The van der Waals surface area contributed by atoms with E-state index in [9.17, 15) is 9.50 Å². The molecule has 8 heteroatoms. The van der Waals surface area contributed by atoms with Crippen LogP contribution in [-0.4, -0.2) is 39.1 Å². The minimum absolute atomic E-state index is 0. The Labute approximate surface area is 187 Å². The number of hydrogen-bond acceptors (Lipinski definition) is 5. The highest BCUT2D eigenvalue weighted by Gasteiger charge is 2.31. The Kier molecular flexibility index (Phi) is 7.64. The highest BCUT2D eigenvalue weighted by atomic mass is 35.5. The second-order valence-electron chi connectivity index (χ2n) is 7.90. The molecule has 0 radical (unpaired) electrons. The number of benzene rings is 2. The Morgan fingerprint density at radius 3 is 2.61 bits per heavy atom. The van der Waals surface area contributed by atoms with E-state index in [0.29, 0.717) is 25.2 Å². The lowest BCUT2D eigenvalue weighted by atomic mass is 9.84. The van der Waals surface area contributed by atoms with Crippen molar-refractivity contribution in [3.05, 3.63) is 77.1 Å². The fraction of sp³-hybridized carbons (Fsp3) is 0.391. The third kappa shape index (κ3) is 5.42. The van der Waals surface area contributed by atoms with Crippen LogP contribution in [0.5, 0.6) is 5.75 Å². The molecule has 0 aliphatic heterocycles. The van der Waals surface area contributed by atoms with Gasteiger partial charge >= 0.3 is 0 Å². The van der Waals surface area contributed by atoms with Crippen molar-refractivity contribution in [3.8, 4) is 5.75 Å². The molecule has 2 aromatic carbocycles. The molecule has 1 aromatic heterocycles. The van der Waals surface area contributed by atoms with E-state index in [1.165, 1.54) is 12.1 Å². The van der Waals surface area contributed by atoms with E-state index >= 15 is 0 Å². The Balaban J connectivity index is 0.00000272. The Hall–Kier alpha value is -2.48. The van der Waals surface area contributed by atoms with Crippen molar-refractivity contribution < 1.29 is 14.2 Å². The molecular weight excluding hydrogens is 419 g/mol. The van der Waals surface area contributed by atoms with Crippen LogP contribution in [-0.2, 0) is 13.0 Å². The highest BCUT2D eigenvalue weighted by molar-refractivity contribution is 5.85. The largest absolute Gasteiger partial charge is 0.496 e. The molecule has 1 saturated carbocycles. The predicted octanol–water partition coefficient (Wildman–Crippen LogP) is 3.44. The van der Waals surface area contributed by atoms with Gasteiger partial charge in [0.2, 0.25) is 0 Å². The van der Waals surface area contributed by atoms with E-state index in [1.807, 2.05) is 28.9 Å². The zero-order valence-corrected chi connectivity index (χ0v) is 18.3. The van der Waals surface area contributed by atoms with Crippen molar-refractivity contribution in [2.45, 2.75) is 50.3 Å². The van der Waals surface area contributed by atoms with E-state index < -0.39 is 6.10 Å². The number of nitrogens with zero attached hydrogens (tertiary/aromatic N) is 3. The molecule has 3 atom stereocenters. The molecule has 0 saturated heterocycles. The van der Waals surface area contributed by atoms with Crippen LogP contribution in [0.3, 0.4) is 0 Å². The summed E-state index contributed by atoms with van der Waals surface area (Å²) in [6, 6.07) is 14.0. The molecule has 1 aliphatic rings. The first-order chi connectivity index (χ1) is 14.5. The molecule has 0 unspecified atom stereocenters. The second kappa shape index (κ2) is 10.2.